The number of H-pyrrole nitrogens is 1. The first kappa shape index (κ1) is 21.5. The number of nitrogens with one attached hydrogen (secondary N) is 2. The standard InChI is InChI=1S/C21H29N3O4S/c1-26-9-4-8-22-21(29)24(14-18-5-3-10-28-18)13-16-11-15-12-17(27-2)6-7-19(15)23-20(16)25/h6-7,11-12,18H,3-5,8-10,13-14H2,1-2H3,(H,22,29)(H,23,25)/t18-/m1/s1. The lowest BCUT2D eigenvalue weighted by molar-refractivity contribution is 0.0896. The van der Waals surface area contributed by atoms with Gasteiger partial charge in [-0.15, -0.1) is 0 Å². The molecule has 0 aliphatic carbocycles. The number of aromatic nitrogens is 1. The molecule has 0 amide bonds. The van der Waals surface area contributed by atoms with Crippen molar-refractivity contribution in [3.05, 3.63) is 40.2 Å². The highest BCUT2D eigenvalue weighted by molar-refractivity contribution is 7.80. The van der Waals surface area contributed by atoms with Crippen molar-refractivity contribution in [1.82, 2.24) is 15.2 Å². The maximum atomic E-state index is 12.7. The quantitative estimate of drug-likeness (QED) is 0.478. The fraction of sp³-hybridized carbons (Fsp3) is 0.524. The van der Waals surface area contributed by atoms with E-state index in [1.165, 1.54) is 0 Å². The Hall–Kier alpha value is -2.16. The SMILES string of the molecule is COCCCNC(=S)N(Cc1cc2cc(OC)ccc2[nH]c1=O)C[C@H]1CCCO1. The van der Waals surface area contributed by atoms with E-state index in [1.807, 2.05) is 29.2 Å². The second kappa shape index (κ2) is 10.6. The zero-order valence-electron chi connectivity index (χ0n) is 17.0. The van der Waals surface area contributed by atoms with Gasteiger partial charge in [0.1, 0.15) is 5.75 Å². The highest BCUT2D eigenvalue weighted by atomic mass is 32.1. The van der Waals surface area contributed by atoms with Crippen LogP contribution in [0.3, 0.4) is 0 Å². The van der Waals surface area contributed by atoms with Crippen LogP contribution in [-0.4, -0.2) is 61.6 Å². The summed E-state index contributed by atoms with van der Waals surface area (Å²) in [6.45, 7) is 3.25. The number of hydrogen-bond donors (Lipinski definition) is 2. The number of thiocarbonyl (C=S) groups is 1. The summed E-state index contributed by atoms with van der Waals surface area (Å²) in [6, 6.07) is 7.51. The third-order valence-electron chi connectivity index (χ3n) is 5.03. The van der Waals surface area contributed by atoms with Crippen LogP contribution in [0.15, 0.2) is 29.1 Å². The van der Waals surface area contributed by atoms with Gasteiger partial charge in [0.15, 0.2) is 5.11 Å². The number of nitrogens with zero attached hydrogens (tertiary/aromatic N) is 1. The van der Waals surface area contributed by atoms with Crippen molar-refractivity contribution >= 4 is 28.2 Å². The molecule has 2 aromatic rings. The zero-order valence-corrected chi connectivity index (χ0v) is 17.8. The van der Waals surface area contributed by atoms with Crippen LogP contribution in [0, 0.1) is 0 Å². The first-order valence-electron chi connectivity index (χ1n) is 9.94. The number of fused-ring (bicyclic) bond motifs is 1. The summed E-state index contributed by atoms with van der Waals surface area (Å²) in [4.78, 5) is 17.6. The number of aromatic amines is 1. The molecule has 0 saturated carbocycles. The molecule has 1 aliphatic rings. The fourth-order valence-electron chi connectivity index (χ4n) is 3.46. The molecule has 1 atom stereocenters. The molecular weight excluding hydrogens is 390 g/mol. The van der Waals surface area contributed by atoms with Crippen molar-refractivity contribution in [1.29, 1.82) is 0 Å². The molecule has 7 nitrogen and oxygen atoms in total. The van der Waals surface area contributed by atoms with Crippen LogP contribution in [0.1, 0.15) is 24.8 Å². The van der Waals surface area contributed by atoms with Gasteiger partial charge in [0.2, 0.25) is 0 Å². The third-order valence-corrected chi connectivity index (χ3v) is 5.43. The average molecular weight is 420 g/mol. The summed E-state index contributed by atoms with van der Waals surface area (Å²) >= 11 is 5.62. The lowest BCUT2D eigenvalue weighted by Crippen LogP contribution is -2.44. The number of methoxy groups -OCH3 is 2. The fourth-order valence-corrected chi connectivity index (χ4v) is 3.70. The lowest BCUT2D eigenvalue weighted by Gasteiger charge is -2.28. The minimum absolute atomic E-state index is 0.109. The molecule has 1 saturated heterocycles. The first-order valence-corrected chi connectivity index (χ1v) is 10.3. The van der Waals surface area contributed by atoms with Crippen LogP contribution < -0.4 is 15.6 Å². The van der Waals surface area contributed by atoms with E-state index in [-0.39, 0.29) is 11.7 Å². The van der Waals surface area contributed by atoms with Gasteiger partial charge in [-0.1, -0.05) is 0 Å². The molecule has 0 spiro atoms. The molecule has 3 rings (SSSR count). The van der Waals surface area contributed by atoms with Gasteiger partial charge >= 0.3 is 0 Å². The number of hydrogen-bond acceptors (Lipinski definition) is 5. The predicted molar refractivity (Wildman–Crippen MR) is 118 cm³/mol. The van der Waals surface area contributed by atoms with Gasteiger partial charge in [0.05, 0.1) is 19.8 Å². The van der Waals surface area contributed by atoms with Crippen LogP contribution in [0.4, 0.5) is 0 Å². The van der Waals surface area contributed by atoms with Gasteiger partial charge in [0, 0.05) is 49.9 Å². The van der Waals surface area contributed by atoms with E-state index >= 15 is 0 Å². The lowest BCUT2D eigenvalue weighted by atomic mass is 10.1. The Morgan fingerprint density at radius 3 is 2.97 bits per heavy atom. The second-order valence-corrected chi connectivity index (χ2v) is 7.56. The molecule has 8 heteroatoms. The molecule has 2 heterocycles. The largest absolute Gasteiger partial charge is 0.497 e. The summed E-state index contributed by atoms with van der Waals surface area (Å²) in [5.41, 5.74) is 1.33. The molecule has 29 heavy (non-hydrogen) atoms. The Morgan fingerprint density at radius 1 is 1.38 bits per heavy atom. The summed E-state index contributed by atoms with van der Waals surface area (Å²) in [6.07, 6.45) is 3.06. The summed E-state index contributed by atoms with van der Waals surface area (Å²) in [7, 11) is 3.31. The van der Waals surface area contributed by atoms with Crippen LogP contribution in [0.5, 0.6) is 5.75 Å². The molecule has 1 fully saturated rings. The third kappa shape index (κ3) is 5.91. The van der Waals surface area contributed by atoms with Crippen molar-refractivity contribution in [2.75, 3.05) is 40.5 Å². The Morgan fingerprint density at radius 2 is 2.24 bits per heavy atom. The van der Waals surface area contributed by atoms with E-state index in [2.05, 4.69) is 10.3 Å². The topological polar surface area (TPSA) is 75.8 Å². The molecule has 2 N–H and O–H groups in total. The normalized spacial score (nSPS) is 16.1. The van der Waals surface area contributed by atoms with Crippen LogP contribution in [0.25, 0.3) is 10.9 Å². The number of ether oxygens (including phenoxy) is 3. The van der Waals surface area contributed by atoms with Gasteiger partial charge in [0.25, 0.3) is 5.56 Å². The van der Waals surface area contributed by atoms with Crippen molar-refractivity contribution in [2.24, 2.45) is 0 Å². The van der Waals surface area contributed by atoms with Crippen LogP contribution in [0.2, 0.25) is 0 Å². The Balaban J connectivity index is 1.78. The first-order chi connectivity index (χ1) is 14.1. The van der Waals surface area contributed by atoms with Gasteiger partial charge in [-0.25, -0.2) is 0 Å². The zero-order chi connectivity index (χ0) is 20.6. The smallest absolute Gasteiger partial charge is 0.253 e. The number of benzene rings is 1. The number of pyridine rings is 1. The van der Waals surface area contributed by atoms with E-state index in [9.17, 15) is 4.79 Å². The van der Waals surface area contributed by atoms with Crippen molar-refractivity contribution in [3.63, 3.8) is 0 Å². The molecule has 0 unspecified atom stereocenters. The van der Waals surface area contributed by atoms with Gasteiger partial charge in [-0.2, -0.15) is 0 Å². The van der Waals surface area contributed by atoms with E-state index in [1.54, 1.807) is 14.2 Å². The minimum atomic E-state index is -0.109. The van der Waals surface area contributed by atoms with Crippen molar-refractivity contribution < 1.29 is 14.2 Å². The van der Waals surface area contributed by atoms with Gasteiger partial charge in [-0.05, 0) is 55.7 Å². The van der Waals surface area contributed by atoms with E-state index < -0.39 is 0 Å². The van der Waals surface area contributed by atoms with Gasteiger partial charge < -0.3 is 29.4 Å². The van der Waals surface area contributed by atoms with Crippen molar-refractivity contribution in [2.45, 2.75) is 31.9 Å². The van der Waals surface area contributed by atoms with Crippen LogP contribution >= 0.6 is 12.2 Å². The van der Waals surface area contributed by atoms with Crippen LogP contribution in [-0.2, 0) is 16.0 Å². The minimum Gasteiger partial charge on any atom is -0.497 e. The highest BCUT2D eigenvalue weighted by Gasteiger charge is 2.22. The maximum Gasteiger partial charge on any atom is 0.253 e. The molecule has 1 aliphatic heterocycles. The Bertz CT molecular complexity index is 880. The van der Waals surface area contributed by atoms with Crippen molar-refractivity contribution in [3.8, 4) is 5.75 Å². The van der Waals surface area contributed by atoms with E-state index in [0.717, 1.165) is 49.1 Å². The molecule has 0 bridgehead atoms. The summed E-state index contributed by atoms with van der Waals surface area (Å²) in [5.74, 6) is 0.752. The Kier molecular flexibility index (Phi) is 7.85. The molecular formula is C21H29N3O4S. The molecule has 0 radical (unpaired) electrons. The number of rotatable bonds is 9. The predicted octanol–water partition coefficient (Wildman–Crippen LogP) is 2.43. The highest BCUT2D eigenvalue weighted by Crippen LogP contribution is 2.20. The van der Waals surface area contributed by atoms with E-state index in [0.29, 0.717) is 30.4 Å². The molecule has 1 aromatic heterocycles. The molecule has 158 valence electrons. The van der Waals surface area contributed by atoms with Gasteiger partial charge in [-0.3, -0.25) is 4.79 Å². The Labute approximate surface area is 176 Å². The average Bonchev–Trinajstić information content (AvgIpc) is 3.24. The molecule has 1 aromatic carbocycles. The summed E-state index contributed by atoms with van der Waals surface area (Å²) in [5, 5.41) is 4.83. The van der Waals surface area contributed by atoms with E-state index in [4.69, 9.17) is 26.4 Å². The summed E-state index contributed by atoms with van der Waals surface area (Å²) < 4.78 is 16.2. The maximum absolute atomic E-state index is 12.7. The second-order valence-electron chi connectivity index (χ2n) is 7.17. The monoisotopic (exact) mass is 419 g/mol.